The zero-order valence-corrected chi connectivity index (χ0v) is 12.8. The van der Waals surface area contributed by atoms with Gasteiger partial charge in [-0.05, 0) is 35.7 Å². The van der Waals surface area contributed by atoms with Crippen molar-refractivity contribution in [1.82, 2.24) is 5.32 Å². The summed E-state index contributed by atoms with van der Waals surface area (Å²) in [6, 6.07) is 9.50. The van der Waals surface area contributed by atoms with Crippen LogP contribution in [0.3, 0.4) is 0 Å². The molecule has 0 aliphatic heterocycles. The molecule has 0 radical (unpaired) electrons. The lowest BCUT2D eigenvalue weighted by Gasteiger charge is -2.05. The van der Waals surface area contributed by atoms with Gasteiger partial charge < -0.3 is 5.32 Å². The van der Waals surface area contributed by atoms with Gasteiger partial charge in [-0.25, -0.2) is 8.42 Å². The Morgan fingerprint density at radius 1 is 1.20 bits per heavy atom. The Morgan fingerprint density at radius 2 is 1.90 bits per heavy atom. The molecule has 0 aliphatic rings. The summed E-state index contributed by atoms with van der Waals surface area (Å²) in [7, 11) is -3.63. The van der Waals surface area contributed by atoms with Crippen molar-refractivity contribution in [2.45, 2.75) is 11.4 Å². The standard InChI is InChI=1S/C13H12ClNO3S2/c14-10-3-5-12(6-4-10)20(17,18)9-13(16)15-8-11-2-1-7-19-11/h1-7H,8-9H2,(H,15,16). The number of hydrogen-bond acceptors (Lipinski definition) is 4. The van der Waals surface area contributed by atoms with Crippen LogP contribution in [0.25, 0.3) is 0 Å². The van der Waals surface area contributed by atoms with Gasteiger partial charge in [-0.1, -0.05) is 17.7 Å². The summed E-state index contributed by atoms with van der Waals surface area (Å²) in [5.41, 5.74) is 0. The van der Waals surface area contributed by atoms with Crippen LogP contribution >= 0.6 is 22.9 Å². The first-order valence-electron chi connectivity index (χ1n) is 5.75. The average Bonchev–Trinajstić information content (AvgIpc) is 2.89. The van der Waals surface area contributed by atoms with Crippen molar-refractivity contribution in [2.24, 2.45) is 0 Å². The van der Waals surface area contributed by atoms with Crippen LogP contribution in [0, 0.1) is 0 Å². The van der Waals surface area contributed by atoms with Crippen molar-refractivity contribution >= 4 is 38.7 Å². The van der Waals surface area contributed by atoms with Gasteiger partial charge >= 0.3 is 0 Å². The normalized spacial score (nSPS) is 11.2. The number of rotatable bonds is 5. The first-order chi connectivity index (χ1) is 9.47. The molecule has 20 heavy (non-hydrogen) atoms. The third kappa shape index (κ3) is 4.06. The molecule has 2 aromatic rings. The maximum absolute atomic E-state index is 12.0. The SMILES string of the molecule is O=C(CS(=O)(=O)c1ccc(Cl)cc1)NCc1cccs1. The molecule has 7 heteroatoms. The van der Waals surface area contributed by atoms with Crippen molar-refractivity contribution < 1.29 is 13.2 Å². The van der Waals surface area contributed by atoms with Crippen LogP contribution in [0.15, 0.2) is 46.7 Å². The van der Waals surface area contributed by atoms with Gasteiger partial charge in [0.05, 0.1) is 11.4 Å². The molecule has 0 saturated carbocycles. The van der Waals surface area contributed by atoms with Crippen LogP contribution in [-0.4, -0.2) is 20.1 Å². The number of benzene rings is 1. The second-order valence-electron chi connectivity index (χ2n) is 4.07. The molecule has 0 bridgehead atoms. The highest BCUT2D eigenvalue weighted by Crippen LogP contribution is 2.15. The van der Waals surface area contributed by atoms with Gasteiger partial charge in [0.2, 0.25) is 5.91 Å². The number of halogens is 1. The van der Waals surface area contributed by atoms with E-state index >= 15 is 0 Å². The largest absolute Gasteiger partial charge is 0.350 e. The van der Waals surface area contributed by atoms with Crippen LogP contribution in [-0.2, 0) is 21.2 Å². The quantitative estimate of drug-likeness (QED) is 0.916. The van der Waals surface area contributed by atoms with Gasteiger partial charge in [0.15, 0.2) is 9.84 Å². The Hall–Kier alpha value is -1.37. The van der Waals surface area contributed by atoms with Crippen LogP contribution in [0.2, 0.25) is 5.02 Å². The highest BCUT2D eigenvalue weighted by Gasteiger charge is 2.19. The van der Waals surface area contributed by atoms with Crippen molar-refractivity contribution in [3.05, 3.63) is 51.7 Å². The van der Waals surface area contributed by atoms with Gasteiger partial charge in [-0.3, -0.25) is 4.79 Å². The van der Waals surface area contributed by atoms with Crippen LogP contribution in [0.5, 0.6) is 0 Å². The Bertz CT molecular complexity index is 679. The van der Waals surface area contributed by atoms with E-state index < -0.39 is 21.5 Å². The number of carbonyl (C=O) groups excluding carboxylic acids is 1. The van der Waals surface area contributed by atoms with Crippen molar-refractivity contribution in [3.63, 3.8) is 0 Å². The van der Waals surface area contributed by atoms with Crippen LogP contribution < -0.4 is 5.32 Å². The molecule has 1 N–H and O–H groups in total. The predicted molar refractivity (Wildman–Crippen MR) is 79.7 cm³/mol. The highest BCUT2D eigenvalue weighted by molar-refractivity contribution is 7.92. The molecular formula is C13H12ClNO3S2. The maximum Gasteiger partial charge on any atom is 0.235 e. The maximum atomic E-state index is 12.0. The summed E-state index contributed by atoms with van der Waals surface area (Å²) in [5.74, 6) is -1.09. The lowest BCUT2D eigenvalue weighted by molar-refractivity contribution is -0.118. The van der Waals surface area contributed by atoms with E-state index in [0.29, 0.717) is 11.6 Å². The molecule has 1 amide bonds. The van der Waals surface area contributed by atoms with Gasteiger partial charge in [-0.2, -0.15) is 0 Å². The van der Waals surface area contributed by atoms with Crippen molar-refractivity contribution in [2.75, 3.05) is 5.75 Å². The van der Waals surface area contributed by atoms with Crippen LogP contribution in [0.1, 0.15) is 4.88 Å². The minimum Gasteiger partial charge on any atom is -0.350 e. The first kappa shape index (κ1) is 15.0. The molecule has 106 valence electrons. The Balaban J connectivity index is 1.97. The zero-order valence-electron chi connectivity index (χ0n) is 10.4. The fraction of sp³-hybridized carbons (Fsp3) is 0.154. The zero-order chi connectivity index (χ0) is 14.6. The summed E-state index contributed by atoms with van der Waals surface area (Å²) in [6.07, 6.45) is 0. The van der Waals surface area contributed by atoms with E-state index in [-0.39, 0.29) is 4.90 Å². The third-order valence-corrected chi connectivity index (χ3v) is 5.29. The topological polar surface area (TPSA) is 63.2 Å². The smallest absolute Gasteiger partial charge is 0.235 e. The van der Waals surface area contributed by atoms with Gasteiger partial charge in [0, 0.05) is 9.90 Å². The van der Waals surface area contributed by atoms with E-state index in [4.69, 9.17) is 11.6 Å². The van der Waals surface area contributed by atoms with E-state index in [1.54, 1.807) is 0 Å². The number of hydrogen-bond donors (Lipinski definition) is 1. The fourth-order valence-electron chi connectivity index (χ4n) is 1.55. The molecule has 1 heterocycles. The minimum atomic E-state index is -3.63. The Morgan fingerprint density at radius 3 is 2.50 bits per heavy atom. The van der Waals surface area contributed by atoms with Crippen molar-refractivity contribution in [3.8, 4) is 0 Å². The second kappa shape index (κ2) is 6.39. The molecule has 2 rings (SSSR count). The summed E-state index contributed by atoms with van der Waals surface area (Å²) in [4.78, 5) is 12.7. The molecule has 0 saturated heterocycles. The van der Waals surface area contributed by atoms with E-state index in [0.717, 1.165) is 4.88 Å². The van der Waals surface area contributed by atoms with E-state index in [2.05, 4.69) is 5.32 Å². The lowest BCUT2D eigenvalue weighted by atomic mass is 10.4. The Kier molecular flexibility index (Phi) is 4.80. The molecule has 4 nitrogen and oxygen atoms in total. The summed E-state index contributed by atoms with van der Waals surface area (Å²) >= 11 is 7.20. The average molecular weight is 330 g/mol. The molecule has 0 unspecified atom stereocenters. The van der Waals surface area contributed by atoms with E-state index in [9.17, 15) is 13.2 Å². The lowest BCUT2D eigenvalue weighted by Crippen LogP contribution is -2.29. The van der Waals surface area contributed by atoms with Crippen molar-refractivity contribution in [1.29, 1.82) is 0 Å². The summed E-state index contributed by atoms with van der Waals surface area (Å²) in [5, 5.41) is 4.93. The summed E-state index contributed by atoms with van der Waals surface area (Å²) < 4.78 is 24.0. The van der Waals surface area contributed by atoms with Gasteiger partial charge in [0.1, 0.15) is 5.75 Å². The fourth-order valence-corrected chi connectivity index (χ4v) is 3.48. The molecule has 1 aromatic carbocycles. The third-order valence-electron chi connectivity index (χ3n) is 2.53. The number of nitrogens with one attached hydrogen (secondary N) is 1. The number of amides is 1. The predicted octanol–water partition coefficient (Wildman–Crippen LogP) is 2.49. The molecule has 0 atom stereocenters. The van der Waals surface area contributed by atoms with Gasteiger partial charge in [-0.15, -0.1) is 11.3 Å². The molecule has 0 spiro atoms. The first-order valence-corrected chi connectivity index (χ1v) is 8.66. The van der Waals surface area contributed by atoms with Crippen LogP contribution in [0.4, 0.5) is 0 Å². The number of thiophene rings is 1. The number of carbonyl (C=O) groups is 1. The summed E-state index contributed by atoms with van der Waals surface area (Å²) in [6.45, 7) is 0.340. The second-order valence-corrected chi connectivity index (χ2v) is 7.53. The molecule has 0 fully saturated rings. The number of sulfone groups is 1. The minimum absolute atomic E-state index is 0.0909. The van der Waals surface area contributed by atoms with E-state index in [1.165, 1.54) is 35.6 Å². The molecular weight excluding hydrogens is 318 g/mol. The monoisotopic (exact) mass is 329 g/mol. The molecule has 0 aliphatic carbocycles. The highest BCUT2D eigenvalue weighted by atomic mass is 35.5. The Labute approximate surface area is 126 Å². The van der Waals surface area contributed by atoms with Gasteiger partial charge in [0.25, 0.3) is 0 Å². The molecule has 1 aromatic heterocycles. The van der Waals surface area contributed by atoms with E-state index in [1.807, 2.05) is 17.5 Å².